The highest BCUT2D eigenvalue weighted by Crippen LogP contribution is 2.46. The number of carbonyl (C=O) groups is 1. The van der Waals surface area contributed by atoms with Gasteiger partial charge in [0.1, 0.15) is 0 Å². The first-order valence-electron chi connectivity index (χ1n) is 5.19. The van der Waals surface area contributed by atoms with Gasteiger partial charge in [-0.1, -0.05) is 0 Å². The zero-order valence-corrected chi connectivity index (χ0v) is 8.11. The fourth-order valence-corrected chi connectivity index (χ4v) is 2.34. The third-order valence-corrected chi connectivity index (χ3v) is 3.39. The van der Waals surface area contributed by atoms with Gasteiger partial charge in [-0.15, -0.1) is 0 Å². The van der Waals surface area contributed by atoms with Crippen molar-refractivity contribution in [1.29, 1.82) is 0 Å². The number of aliphatic carboxylic acids is 1. The minimum absolute atomic E-state index is 0.0249. The lowest BCUT2D eigenvalue weighted by atomic mass is 9.78. The molecule has 1 aliphatic heterocycles. The van der Waals surface area contributed by atoms with Crippen LogP contribution >= 0.6 is 0 Å². The van der Waals surface area contributed by atoms with Gasteiger partial charge in [-0.2, -0.15) is 0 Å². The zero-order valence-electron chi connectivity index (χ0n) is 8.11. The fourth-order valence-electron chi connectivity index (χ4n) is 2.34. The van der Waals surface area contributed by atoms with Crippen molar-refractivity contribution in [2.75, 3.05) is 13.2 Å². The van der Waals surface area contributed by atoms with Gasteiger partial charge in [0.2, 0.25) is 0 Å². The number of rotatable bonds is 3. The molecule has 0 amide bonds. The second kappa shape index (κ2) is 3.51. The molecule has 1 atom stereocenters. The molecule has 2 N–H and O–H groups in total. The Morgan fingerprint density at radius 2 is 1.64 bits per heavy atom. The van der Waals surface area contributed by atoms with Gasteiger partial charge in [-0.25, -0.2) is 4.79 Å². The first-order valence-corrected chi connectivity index (χ1v) is 5.19. The maximum Gasteiger partial charge on any atom is 0.336 e. The molecule has 2 fully saturated rings. The Morgan fingerprint density at radius 3 is 2.07 bits per heavy atom. The Balaban J connectivity index is 2.12. The maximum atomic E-state index is 11.1. The summed E-state index contributed by atoms with van der Waals surface area (Å²) in [6.07, 6.45) is 3.03. The van der Waals surface area contributed by atoms with Crippen molar-refractivity contribution < 1.29 is 19.7 Å². The van der Waals surface area contributed by atoms with Crippen LogP contribution in [0.25, 0.3) is 0 Å². The molecule has 14 heavy (non-hydrogen) atoms. The van der Waals surface area contributed by atoms with E-state index in [0.717, 1.165) is 12.8 Å². The van der Waals surface area contributed by atoms with Gasteiger partial charge in [0.15, 0.2) is 5.60 Å². The molecule has 80 valence electrons. The molecule has 1 saturated carbocycles. The molecule has 1 saturated heterocycles. The summed E-state index contributed by atoms with van der Waals surface area (Å²) in [6.45, 7) is 1.15. The van der Waals surface area contributed by atoms with Crippen LogP contribution in [-0.2, 0) is 9.53 Å². The van der Waals surface area contributed by atoms with Crippen LogP contribution in [0.5, 0.6) is 0 Å². The van der Waals surface area contributed by atoms with Crippen molar-refractivity contribution in [3.63, 3.8) is 0 Å². The van der Waals surface area contributed by atoms with E-state index in [9.17, 15) is 9.90 Å². The van der Waals surface area contributed by atoms with Crippen LogP contribution in [0.1, 0.15) is 25.7 Å². The molecule has 1 heterocycles. The molecule has 0 aromatic heterocycles. The predicted octanol–water partition coefficient (Wildman–Crippen LogP) is 0.639. The summed E-state index contributed by atoms with van der Waals surface area (Å²) in [5, 5.41) is 19.3. The van der Waals surface area contributed by atoms with Crippen LogP contribution in [0, 0.1) is 11.8 Å². The van der Waals surface area contributed by atoms with Gasteiger partial charge >= 0.3 is 5.97 Å². The average molecular weight is 200 g/mol. The molecule has 2 rings (SSSR count). The Bertz CT molecular complexity index is 230. The predicted molar refractivity (Wildman–Crippen MR) is 48.9 cm³/mol. The van der Waals surface area contributed by atoms with Gasteiger partial charge in [-0.05, 0) is 31.6 Å². The molecule has 0 spiro atoms. The molecular formula is C10H16O4. The Labute approximate surface area is 82.9 Å². The summed E-state index contributed by atoms with van der Waals surface area (Å²) in [4.78, 5) is 11.1. The molecule has 1 unspecified atom stereocenters. The number of ether oxygens (including phenoxy) is 1. The average Bonchev–Trinajstić information content (AvgIpc) is 3.01. The van der Waals surface area contributed by atoms with Crippen LogP contribution in [0.4, 0.5) is 0 Å². The summed E-state index contributed by atoms with van der Waals surface area (Å²) in [6, 6.07) is 0. The highest BCUT2D eigenvalue weighted by molar-refractivity contribution is 5.78. The highest BCUT2D eigenvalue weighted by Gasteiger charge is 2.54. The number of carboxylic acid groups (broad SMARTS) is 1. The topological polar surface area (TPSA) is 66.8 Å². The van der Waals surface area contributed by atoms with Crippen LogP contribution in [0.2, 0.25) is 0 Å². The third-order valence-electron chi connectivity index (χ3n) is 3.39. The quantitative estimate of drug-likeness (QED) is 0.701. The van der Waals surface area contributed by atoms with E-state index in [-0.39, 0.29) is 11.8 Å². The van der Waals surface area contributed by atoms with Gasteiger partial charge in [0.05, 0.1) is 0 Å². The molecule has 0 aromatic rings. The Hall–Kier alpha value is -0.610. The van der Waals surface area contributed by atoms with E-state index in [4.69, 9.17) is 9.84 Å². The molecular weight excluding hydrogens is 184 g/mol. The highest BCUT2D eigenvalue weighted by atomic mass is 16.5. The Morgan fingerprint density at radius 1 is 1.14 bits per heavy atom. The van der Waals surface area contributed by atoms with Crippen LogP contribution in [-0.4, -0.2) is 35.0 Å². The van der Waals surface area contributed by atoms with Gasteiger partial charge in [-0.3, -0.25) is 0 Å². The molecule has 4 nitrogen and oxygen atoms in total. The minimum atomic E-state index is -1.48. The minimum Gasteiger partial charge on any atom is -0.479 e. The third kappa shape index (κ3) is 1.53. The van der Waals surface area contributed by atoms with Crippen molar-refractivity contribution in [2.24, 2.45) is 11.8 Å². The number of carboxylic acids is 1. The first-order chi connectivity index (χ1) is 6.65. The van der Waals surface area contributed by atoms with Crippen molar-refractivity contribution in [2.45, 2.75) is 31.3 Å². The maximum absolute atomic E-state index is 11.1. The van der Waals surface area contributed by atoms with Crippen molar-refractivity contribution in [3.05, 3.63) is 0 Å². The van der Waals surface area contributed by atoms with Crippen LogP contribution < -0.4 is 0 Å². The van der Waals surface area contributed by atoms with E-state index in [1.54, 1.807) is 0 Å². The van der Waals surface area contributed by atoms with Gasteiger partial charge in [0, 0.05) is 19.1 Å². The SMILES string of the molecule is O=C(O)C(O)(C1CCOCC1)C1CC1. The van der Waals surface area contributed by atoms with E-state index < -0.39 is 11.6 Å². The van der Waals surface area contributed by atoms with E-state index in [1.807, 2.05) is 0 Å². The fraction of sp³-hybridized carbons (Fsp3) is 0.900. The van der Waals surface area contributed by atoms with Gasteiger partial charge in [0.25, 0.3) is 0 Å². The van der Waals surface area contributed by atoms with E-state index >= 15 is 0 Å². The van der Waals surface area contributed by atoms with E-state index in [1.165, 1.54) is 0 Å². The van der Waals surface area contributed by atoms with E-state index in [0.29, 0.717) is 26.1 Å². The second-order valence-electron chi connectivity index (χ2n) is 4.29. The molecule has 2 aliphatic rings. The summed E-state index contributed by atoms with van der Waals surface area (Å²) >= 11 is 0. The molecule has 0 radical (unpaired) electrons. The molecule has 0 aromatic carbocycles. The second-order valence-corrected chi connectivity index (χ2v) is 4.29. The van der Waals surface area contributed by atoms with Crippen molar-refractivity contribution in [3.8, 4) is 0 Å². The number of hydrogen-bond acceptors (Lipinski definition) is 3. The normalized spacial score (nSPS) is 28.4. The summed E-state index contributed by atoms with van der Waals surface area (Å²) in [5.74, 6) is -1.20. The lowest BCUT2D eigenvalue weighted by Crippen LogP contribution is -2.49. The lowest BCUT2D eigenvalue weighted by Gasteiger charge is -2.35. The Kier molecular flexibility index (Phi) is 2.49. The number of aliphatic hydroxyl groups is 1. The summed E-state index contributed by atoms with van der Waals surface area (Å²) < 4.78 is 5.17. The standard InChI is InChI=1S/C10H16O4/c11-9(12)10(13,7-1-2-7)8-3-5-14-6-4-8/h7-8,13H,1-6H2,(H,11,12). The summed E-state index contributed by atoms with van der Waals surface area (Å²) in [5.41, 5.74) is -1.48. The monoisotopic (exact) mass is 200 g/mol. The van der Waals surface area contributed by atoms with Crippen molar-refractivity contribution >= 4 is 5.97 Å². The molecule has 4 heteroatoms. The van der Waals surface area contributed by atoms with Gasteiger partial charge < -0.3 is 14.9 Å². The lowest BCUT2D eigenvalue weighted by molar-refractivity contribution is -0.172. The van der Waals surface area contributed by atoms with Crippen LogP contribution in [0.15, 0.2) is 0 Å². The largest absolute Gasteiger partial charge is 0.479 e. The summed E-state index contributed by atoms with van der Waals surface area (Å²) in [7, 11) is 0. The first kappa shape index (κ1) is 9.93. The molecule has 1 aliphatic carbocycles. The van der Waals surface area contributed by atoms with E-state index in [2.05, 4.69) is 0 Å². The zero-order chi connectivity index (χ0) is 10.2. The van der Waals surface area contributed by atoms with Crippen molar-refractivity contribution in [1.82, 2.24) is 0 Å². The van der Waals surface area contributed by atoms with Crippen LogP contribution in [0.3, 0.4) is 0 Å². The molecule has 0 bridgehead atoms. The number of hydrogen-bond donors (Lipinski definition) is 2. The smallest absolute Gasteiger partial charge is 0.336 e.